The molecule has 4 aromatic rings. The molecule has 9 nitrogen and oxygen atoms in total. The molecule has 0 amide bonds. The second kappa shape index (κ2) is 13.3. The number of pyridine rings is 1. The van der Waals surface area contributed by atoms with Gasteiger partial charge in [0.25, 0.3) is 0 Å². The zero-order chi connectivity index (χ0) is 31.3. The van der Waals surface area contributed by atoms with Crippen LogP contribution in [-0.4, -0.2) is 65.0 Å². The van der Waals surface area contributed by atoms with E-state index in [4.69, 9.17) is 38.4 Å². The van der Waals surface area contributed by atoms with Crippen molar-refractivity contribution in [1.29, 1.82) is 0 Å². The normalized spacial score (nSPS) is 13.5. The van der Waals surface area contributed by atoms with E-state index in [2.05, 4.69) is 11.1 Å². The number of benzene rings is 3. The van der Waals surface area contributed by atoms with Gasteiger partial charge < -0.3 is 28.4 Å². The highest BCUT2D eigenvalue weighted by Crippen LogP contribution is 2.36. The van der Waals surface area contributed by atoms with Crippen LogP contribution >= 0.6 is 0 Å². The lowest BCUT2D eigenvalue weighted by Gasteiger charge is -2.20. The van der Waals surface area contributed by atoms with Crippen molar-refractivity contribution in [3.05, 3.63) is 94.2 Å². The van der Waals surface area contributed by atoms with E-state index in [1.54, 1.807) is 35.5 Å². The lowest BCUT2D eigenvalue weighted by molar-refractivity contribution is 0.354. The van der Waals surface area contributed by atoms with Crippen molar-refractivity contribution in [1.82, 2.24) is 4.98 Å². The van der Waals surface area contributed by atoms with Crippen molar-refractivity contribution in [2.24, 2.45) is 9.98 Å². The van der Waals surface area contributed by atoms with E-state index < -0.39 is 0 Å². The van der Waals surface area contributed by atoms with Crippen molar-refractivity contribution >= 4 is 11.4 Å². The number of hydrogen-bond acceptors (Lipinski definition) is 9. The number of methoxy groups -OCH3 is 5. The monoisotopic (exact) mass is 607 g/mol. The first-order valence-electron chi connectivity index (χ1n) is 14.9. The fourth-order valence-electron chi connectivity index (χ4n) is 5.87. The Balaban J connectivity index is 1.15. The third kappa shape index (κ3) is 6.29. The molecule has 0 aliphatic carbocycles. The fourth-order valence-corrected chi connectivity index (χ4v) is 5.87. The topological polar surface area (TPSA) is 93.0 Å². The molecule has 2 aliphatic heterocycles. The Hall–Kier alpha value is -5.05. The molecule has 1 aromatic heterocycles. The highest BCUT2D eigenvalue weighted by molar-refractivity contribution is 6.05. The van der Waals surface area contributed by atoms with Crippen molar-refractivity contribution in [2.75, 3.05) is 48.6 Å². The maximum atomic E-state index is 6.16. The van der Waals surface area contributed by atoms with Crippen LogP contribution < -0.4 is 28.4 Å². The molecule has 0 radical (unpaired) electrons. The van der Waals surface area contributed by atoms with Crippen LogP contribution in [0.1, 0.15) is 33.4 Å². The van der Waals surface area contributed by atoms with Crippen molar-refractivity contribution in [3.63, 3.8) is 0 Å². The van der Waals surface area contributed by atoms with Gasteiger partial charge in [-0.05, 0) is 71.5 Å². The zero-order valence-corrected chi connectivity index (χ0v) is 26.3. The third-order valence-corrected chi connectivity index (χ3v) is 8.19. The summed E-state index contributed by atoms with van der Waals surface area (Å²) in [5, 5.41) is 0. The Morgan fingerprint density at radius 1 is 0.533 bits per heavy atom. The average Bonchev–Trinajstić information content (AvgIpc) is 3.08. The van der Waals surface area contributed by atoms with E-state index in [0.717, 1.165) is 71.1 Å². The molecule has 0 atom stereocenters. The van der Waals surface area contributed by atoms with Gasteiger partial charge in [0.15, 0.2) is 34.5 Å². The molecule has 0 unspecified atom stereocenters. The van der Waals surface area contributed by atoms with Gasteiger partial charge in [-0.15, -0.1) is 0 Å². The van der Waals surface area contributed by atoms with Crippen LogP contribution in [-0.2, 0) is 25.7 Å². The first kappa shape index (κ1) is 30.0. The Morgan fingerprint density at radius 3 is 1.53 bits per heavy atom. The SMILES string of the molecule is COc1cc2c(cc1OC)C(Cc1ccc(Oc3ccc(CC4=NCCc5cc(OC)c(OC)cc54)cc3OC)nc1)=NCC2. The molecule has 9 heteroatoms. The Kier molecular flexibility index (Phi) is 8.86. The number of aromatic nitrogens is 1. The second-order valence-electron chi connectivity index (χ2n) is 10.8. The van der Waals surface area contributed by atoms with Crippen LogP contribution in [0, 0.1) is 0 Å². The fraction of sp³-hybridized carbons (Fsp3) is 0.306. The summed E-state index contributed by atoms with van der Waals surface area (Å²) in [5.41, 5.74) is 8.70. The van der Waals surface area contributed by atoms with Crippen molar-refractivity contribution < 1.29 is 28.4 Å². The predicted molar refractivity (Wildman–Crippen MR) is 174 cm³/mol. The van der Waals surface area contributed by atoms with E-state index in [1.807, 2.05) is 54.7 Å². The van der Waals surface area contributed by atoms with Gasteiger partial charge in [0.05, 0.1) is 35.5 Å². The highest BCUT2D eigenvalue weighted by Gasteiger charge is 2.21. The van der Waals surface area contributed by atoms with E-state index >= 15 is 0 Å². The molecule has 0 bridgehead atoms. The van der Waals surface area contributed by atoms with Gasteiger partial charge in [-0.1, -0.05) is 12.1 Å². The molecule has 0 N–H and O–H groups in total. The summed E-state index contributed by atoms with van der Waals surface area (Å²) in [6.45, 7) is 1.48. The number of hydrogen-bond donors (Lipinski definition) is 0. The summed E-state index contributed by atoms with van der Waals surface area (Å²) < 4.78 is 33.9. The molecular weight excluding hydrogens is 570 g/mol. The van der Waals surface area contributed by atoms with Gasteiger partial charge in [0.2, 0.25) is 5.88 Å². The maximum absolute atomic E-state index is 6.16. The number of ether oxygens (including phenoxy) is 6. The van der Waals surface area contributed by atoms with Crippen LogP contribution in [0.25, 0.3) is 0 Å². The zero-order valence-electron chi connectivity index (χ0n) is 26.3. The molecule has 45 heavy (non-hydrogen) atoms. The summed E-state index contributed by atoms with van der Waals surface area (Å²) in [6.07, 6.45) is 4.87. The number of nitrogens with zero attached hydrogens (tertiary/aromatic N) is 3. The smallest absolute Gasteiger partial charge is 0.219 e. The van der Waals surface area contributed by atoms with Crippen molar-refractivity contribution in [2.45, 2.75) is 25.7 Å². The Morgan fingerprint density at radius 2 is 1.02 bits per heavy atom. The average molecular weight is 608 g/mol. The molecule has 3 aromatic carbocycles. The molecule has 0 saturated heterocycles. The molecule has 0 spiro atoms. The molecule has 0 saturated carbocycles. The lowest BCUT2D eigenvalue weighted by Crippen LogP contribution is -2.16. The van der Waals surface area contributed by atoms with Gasteiger partial charge in [-0.2, -0.15) is 0 Å². The van der Waals surface area contributed by atoms with Crippen molar-refractivity contribution in [3.8, 4) is 40.4 Å². The Bertz CT molecular complexity index is 1760. The van der Waals surface area contributed by atoms with Crippen LogP contribution in [0.4, 0.5) is 0 Å². The predicted octanol–water partition coefficient (Wildman–Crippen LogP) is 6.09. The molecule has 3 heterocycles. The largest absolute Gasteiger partial charge is 0.493 e. The summed E-state index contributed by atoms with van der Waals surface area (Å²) >= 11 is 0. The van der Waals surface area contributed by atoms with Gasteiger partial charge >= 0.3 is 0 Å². The summed E-state index contributed by atoms with van der Waals surface area (Å²) in [5.74, 6) is 4.56. The number of rotatable bonds is 11. The molecule has 2 aliphatic rings. The van der Waals surface area contributed by atoms with Crippen LogP contribution in [0.5, 0.6) is 40.4 Å². The standard InChI is InChI=1S/C36H37N3O6/c1-40-31-16-22(14-28-26-19-34(43-4)32(41-2)17-24(26)10-12-37-28)6-8-30(31)45-36-9-7-23(21-39-36)15-29-27-20-35(44-5)33(42-3)18-25(27)11-13-38-29/h6-9,16-21H,10-15H2,1-5H3. The summed E-state index contributed by atoms with van der Waals surface area (Å²) in [7, 11) is 8.25. The minimum absolute atomic E-state index is 0.480. The quantitative estimate of drug-likeness (QED) is 0.204. The molecule has 232 valence electrons. The van der Waals surface area contributed by atoms with Crippen LogP contribution in [0.15, 0.2) is 70.8 Å². The first-order valence-corrected chi connectivity index (χ1v) is 14.9. The highest BCUT2D eigenvalue weighted by atomic mass is 16.5. The maximum Gasteiger partial charge on any atom is 0.219 e. The van der Waals surface area contributed by atoms with E-state index in [0.29, 0.717) is 41.7 Å². The summed E-state index contributed by atoms with van der Waals surface area (Å²) in [6, 6.07) is 18.0. The van der Waals surface area contributed by atoms with E-state index in [9.17, 15) is 0 Å². The molecule has 0 fully saturated rings. The number of aliphatic imine (C=N–C) groups is 2. The van der Waals surface area contributed by atoms with E-state index in [1.165, 1.54) is 11.1 Å². The number of fused-ring (bicyclic) bond motifs is 2. The van der Waals surface area contributed by atoms with Gasteiger partial charge in [0, 0.05) is 60.7 Å². The molecule has 6 rings (SSSR count). The van der Waals surface area contributed by atoms with Gasteiger partial charge in [-0.3, -0.25) is 9.98 Å². The van der Waals surface area contributed by atoms with Crippen LogP contribution in [0.2, 0.25) is 0 Å². The third-order valence-electron chi connectivity index (χ3n) is 8.19. The summed E-state index contributed by atoms with van der Waals surface area (Å²) in [4.78, 5) is 14.2. The van der Waals surface area contributed by atoms with E-state index in [-0.39, 0.29) is 0 Å². The Labute approximate surface area is 263 Å². The molecular formula is C36H37N3O6. The minimum atomic E-state index is 0.480. The van der Waals surface area contributed by atoms with Gasteiger partial charge in [0.1, 0.15) is 0 Å². The van der Waals surface area contributed by atoms with Gasteiger partial charge in [-0.25, -0.2) is 4.98 Å². The first-order chi connectivity index (χ1) is 22.0. The second-order valence-corrected chi connectivity index (χ2v) is 10.8. The van der Waals surface area contributed by atoms with Crippen LogP contribution in [0.3, 0.4) is 0 Å². The minimum Gasteiger partial charge on any atom is -0.493 e. The lowest BCUT2D eigenvalue weighted by atomic mass is 9.93.